The van der Waals surface area contributed by atoms with Crippen LogP contribution in [0, 0.1) is 5.92 Å². The topological polar surface area (TPSA) is 63.0 Å². The summed E-state index contributed by atoms with van der Waals surface area (Å²) in [6.07, 6.45) is 9.49. The van der Waals surface area contributed by atoms with E-state index in [2.05, 4.69) is 15.6 Å². The molecule has 1 unspecified atom stereocenters. The number of aromatic nitrogens is 3. The third-order valence-electron chi connectivity index (χ3n) is 4.47. The fourth-order valence-electron chi connectivity index (χ4n) is 3.12. The first kappa shape index (κ1) is 13.1. The van der Waals surface area contributed by atoms with Gasteiger partial charge in [-0.3, -0.25) is 4.68 Å². The minimum absolute atomic E-state index is 0.495. The van der Waals surface area contributed by atoms with Crippen molar-refractivity contribution in [1.29, 1.82) is 0 Å². The molecule has 5 heteroatoms. The molecular formula is C14H24N4O. The Balaban J connectivity index is 1.55. The molecule has 1 saturated heterocycles. The number of nitrogens with one attached hydrogen (secondary N) is 1. The Kier molecular flexibility index (Phi) is 3.84. The summed E-state index contributed by atoms with van der Waals surface area (Å²) < 4.78 is 1.95. The molecule has 0 aromatic carbocycles. The van der Waals surface area contributed by atoms with E-state index in [1.54, 1.807) is 0 Å². The predicted octanol–water partition coefficient (Wildman–Crippen LogP) is 1.13. The SMILES string of the molecule is OC1(Cc2cn(CC3CCCCNC3)nn2)CCC1. The van der Waals surface area contributed by atoms with E-state index in [4.69, 9.17) is 0 Å². The fraction of sp³-hybridized carbons (Fsp3) is 0.857. The lowest BCUT2D eigenvalue weighted by atomic mass is 9.77. The van der Waals surface area contributed by atoms with E-state index in [0.29, 0.717) is 12.3 Å². The molecule has 1 aromatic heterocycles. The highest BCUT2D eigenvalue weighted by Crippen LogP contribution is 2.34. The first-order valence-electron chi connectivity index (χ1n) is 7.56. The molecule has 2 heterocycles. The predicted molar refractivity (Wildman–Crippen MR) is 72.7 cm³/mol. The number of hydrogen-bond donors (Lipinski definition) is 2. The summed E-state index contributed by atoms with van der Waals surface area (Å²) in [6, 6.07) is 0. The molecule has 0 bridgehead atoms. The Hall–Kier alpha value is -0.940. The van der Waals surface area contributed by atoms with Crippen LogP contribution in [0.3, 0.4) is 0 Å². The van der Waals surface area contributed by atoms with Crippen molar-refractivity contribution < 1.29 is 5.11 Å². The van der Waals surface area contributed by atoms with Crippen molar-refractivity contribution in [2.24, 2.45) is 5.92 Å². The van der Waals surface area contributed by atoms with Gasteiger partial charge in [0, 0.05) is 19.2 Å². The van der Waals surface area contributed by atoms with Crippen molar-refractivity contribution in [3.8, 4) is 0 Å². The minimum Gasteiger partial charge on any atom is -0.389 e. The molecule has 1 saturated carbocycles. The van der Waals surface area contributed by atoms with Crippen molar-refractivity contribution >= 4 is 0 Å². The number of nitrogens with zero attached hydrogens (tertiary/aromatic N) is 3. The van der Waals surface area contributed by atoms with Crippen molar-refractivity contribution in [2.75, 3.05) is 13.1 Å². The molecule has 0 radical (unpaired) electrons. The van der Waals surface area contributed by atoms with Crippen LogP contribution in [-0.4, -0.2) is 38.8 Å². The van der Waals surface area contributed by atoms with Gasteiger partial charge in [0.05, 0.1) is 11.3 Å². The summed E-state index contributed by atoms with van der Waals surface area (Å²) >= 11 is 0. The molecule has 2 aliphatic rings. The first-order chi connectivity index (χ1) is 9.23. The Morgan fingerprint density at radius 2 is 2.26 bits per heavy atom. The van der Waals surface area contributed by atoms with Crippen LogP contribution in [0.4, 0.5) is 0 Å². The molecule has 1 aliphatic carbocycles. The zero-order valence-corrected chi connectivity index (χ0v) is 11.5. The average molecular weight is 264 g/mol. The minimum atomic E-state index is -0.495. The normalized spacial score (nSPS) is 26.7. The summed E-state index contributed by atoms with van der Waals surface area (Å²) in [5, 5.41) is 22.0. The summed E-state index contributed by atoms with van der Waals surface area (Å²) in [7, 11) is 0. The maximum Gasteiger partial charge on any atom is 0.0855 e. The second kappa shape index (κ2) is 5.59. The lowest BCUT2D eigenvalue weighted by Crippen LogP contribution is -2.39. The number of aliphatic hydroxyl groups is 1. The second-order valence-corrected chi connectivity index (χ2v) is 6.25. The molecule has 1 aliphatic heterocycles. The fourth-order valence-corrected chi connectivity index (χ4v) is 3.12. The molecular weight excluding hydrogens is 240 g/mol. The smallest absolute Gasteiger partial charge is 0.0855 e. The summed E-state index contributed by atoms with van der Waals surface area (Å²) in [4.78, 5) is 0. The van der Waals surface area contributed by atoms with Crippen molar-refractivity contribution in [3.63, 3.8) is 0 Å². The van der Waals surface area contributed by atoms with Gasteiger partial charge in [-0.25, -0.2) is 0 Å². The zero-order chi connectivity index (χ0) is 13.1. The summed E-state index contributed by atoms with van der Waals surface area (Å²) in [6.45, 7) is 3.17. The standard InChI is InChI=1S/C14H24N4O/c19-14(5-3-6-14)8-13-11-18(17-16-13)10-12-4-1-2-7-15-9-12/h11-12,15,19H,1-10H2. The third-order valence-corrected chi connectivity index (χ3v) is 4.47. The second-order valence-electron chi connectivity index (χ2n) is 6.25. The quantitative estimate of drug-likeness (QED) is 0.855. The van der Waals surface area contributed by atoms with E-state index in [-0.39, 0.29) is 0 Å². The molecule has 106 valence electrons. The Morgan fingerprint density at radius 3 is 3.05 bits per heavy atom. The van der Waals surface area contributed by atoms with Crippen LogP contribution >= 0.6 is 0 Å². The van der Waals surface area contributed by atoms with Gasteiger partial charge in [-0.1, -0.05) is 11.6 Å². The van der Waals surface area contributed by atoms with Crippen LogP contribution < -0.4 is 5.32 Å². The van der Waals surface area contributed by atoms with E-state index < -0.39 is 5.60 Å². The van der Waals surface area contributed by atoms with Crippen LogP contribution in [0.2, 0.25) is 0 Å². The van der Waals surface area contributed by atoms with Crippen molar-refractivity contribution in [1.82, 2.24) is 20.3 Å². The number of rotatable bonds is 4. The largest absolute Gasteiger partial charge is 0.389 e. The Labute approximate surface area is 114 Å². The molecule has 3 rings (SSSR count). The van der Waals surface area contributed by atoms with Crippen LogP contribution in [0.1, 0.15) is 44.2 Å². The van der Waals surface area contributed by atoms with Gasteiger partial charge in [0.15, 0.2) is 0 Å². The van der Waals surface area contributed by atoms with Gasteiger partial charge in [0.1, 0.15) is 0 Å². The Bertz CT molecular complexity index is 405. The highest BCUT2D eigenvalue weighted by atomic mass is 16.3. The molecule has 2 N–H and O–H groups in total. The van der Waals surface area contributed by atoms with Gasteiger partial charge in [-0.05, 0) is 51.1 Å². The van der Waals surface area contributed by atoms with E-state index in [9.17, 15) is 5.11 Å². The molecule has 5 nitrogen and oxygen atoms in total. The van der Waals surface area contributed by atoms with Crippen molar-refractivity contribution in [2.45, 2.75) is 57.1 Å². The highest BCUT2D eigenvalue weighted by Gasteiger charge is 2.35. The zero-order valence-electron chi connectivity index (χ0n) is 11.5. The van der Waals surface area contributed by atoms with Gasteiger partial charge >= 0.3 is 0 Å². The van der Waals surface area contributed by atoms with Gasteiger partial charge < -0.3 is 10.4 Å². The third kappa shape index (κ3) is 3.34. The van der Waals surface area contributed by atoms with Gasteiger partial charge in [-0.2, -0.15) is 0 Å². The monoisotopic (exact) mass is 264 g/mol. The molecule has 19 heavy (non-hydrogen) atoms. The van der Waals surface area contributed by atoms with Gasteiger partial charge in [0.2, 0.25) is 0 Å². The van der Waals surface area contributed by atoms with Crippen molar-refractivity contribution in [3.05, 3.63) is 11.9 Å². The molecule has 1 atom stereocenters. The molecule has 2 fully saturated rings. The summed E-state index contributed by atoms with van der Waals surface area (Å²) in [5.41, 5.74) is 0.439. The van der Waals surface area contributed by atoms with Gasteiger partial charge in [0.25, 0.3) is 0 Å². The first-order valence-corrected chi connectivity index (χ1v) is 7.56. The Morgan fingerprint density at radius 1 is 1.37 bits per heavy atom. The maximum atomic E-state index is 10.1. The number of hydrogen-bond acceptors (Lipinski definition) is 4. The lowest BCUT2D eigenvalue weighted by molar-refractivity contribution is -0.0330. The van der Waals surface area contributed by atoms with Crippen LogP contribution in [0.15, 0.2) is 6.20 Å². The summed E-state index contributed by atoms with van der Waals surface area (Å²) in [5.74, 6) is 0.656. The van der Waals surface area contributed by atoms with E-state index >= 15 is 0 Å². The molecule has 0 spiro atoms. The van der Waals surface area contributed by atoms with Crippen LogP contribution in [0.5, 0.6) is 0 Å². The van der Waals surface area contributed by atoms with Crippen LogP contribution in [-0.2, 0) is 13.0 Å². The maximum absolute atomic E-state index is 10.1. The molecule has 1 aromatic rings. The van der Waals surface area contributed by atoms with E-state index in [1.165, 1.54) is 19.3 Å². The van der Waals surface area contributed by atoms with E-state index in [1.807, 2.05) is 10.9 Å². The molecule has 0 amide bonds. The van der Waals surface area contributed by atoms with E-state index in [0.717, 1.165) is 44.6 Å². The highest BCUT2D eigenvalue weighted by molar-refractivity contribution is 5.03. The van der Waals surface area contributed by atoms with Crippen LogP contribution in [0.25, 0.3) is 0 Å². The average Bonchev–Trinajstić information content (AvgIpc) is 2.62. The lowest BCUT2D eigenvalue weighted by Gasteiger charge is -2.35. The van der Waals surface area contributed by atoms with Gasteiger partial charge in [-0.15, -0.1) is 5.10 Å².